The van der Waals surface area contributed by atoms with E-state index in [1.165, 1.54) is 0 Å². The summed E-state index contributed by atoms with van der Waals surface area (Å²) in [5.74, 6) is 0. The highest BCUT2D eigenvalue weighted by atomic mass is 35.5. The SMILES string of the molecule is ClC1(Cl)OC12[C@@H]1OC3OC([C@@H](OCc4ccccc4)[C@@H]2O3)[C@@H]1OCc1ccccc1. The minimum Gasteiger partial charge on any atom is -0.368 e. The number of epoxide rings is 1. The van der Waals surface area contributed by atoms with Crippen LogP contribution in [-0.2, 0) is 41.6 Å². The van der Waals surface area contributed by atoms with E-state index in [9.17, 15) is 0 Å². The third-order valence-electron chi connectivity index (χ3n) is 6.15. The fraction of sp³-hybridized carbons (Fsp3) is 0.455. The summed E-state index contributed by atoms with van der Waals surface area (Å²) in [6.45, 7) is -0.0295. The zero-order chi connectivity index (χ0) is 20.3. The van der Waals surface area contributed by atoms with Gasteiger partial charge in [0.05, 0.1) is 13.2 Å². The molecule has 4 heterocycles. The summed E-state index contributed by atoms with van der Waals surface area (Å²) in [6, 6.07) is 19.8. The molecule has 0 radical (unpaired) electrons. The van der Waals surface area contributed by atoms with Crippen LogP contribution in [-0.4, -0.2) is 47.1 Å². The lowest BCUT2D eigenvalue weighted by molar-refractivity contribution is -0.484. The van der Waals surface area contributed by atoms with E-state index in [0.29, 0.717) is 13.2 Å². The van der Waals surface area contributed by atoms with Crippen molar-refractivity contribution in [2.75, 3.05) is 0 Å². The van der Waals surface area contributed by atoms with E-state index in [-0.39, 0.29) is 6.10 Å². The highest BCUT2D eigenvalue weighted by Gasteiger charge is 2.87. The predicted octanol–water partition coefficient (Wildman–Crippen LogP) is 3.54. The Labute approximate surface area is 183 Å². The fourth-order valence-electron chi connectivity index (χ4n) is 4.69. The smallest absolute Gasteiger partial charge is 0.273 e. The molecule has 5 fully saturated rings. The first-order chi connectivity index (χ1) is 14.6. The summed E-state index contributed by atoms with van der Waals surface area (Å²) in [5.41, 5.74) is 1.02. The minimum absolute atomic E-state index is 0.389. The van der Waals surface area contributed by atoms with Crippen LogP contribution in [0.4, 0.5) is 0 Å². The van der Waals surface area contributed by atoms with Crippen molar-refractivity contribution < 1.29 is 28.4 Å². The number of rotatable bonds is 6. The van der Waals surface area contributed by atoms with Crippen molar-refractivity contribution in [3.05, 3.63) is 71.8 Å². The van der Waals surface area contributed by atoms with Crippen LogP contribution in [0.3, 0.4) is 0 Å². The first-order valence-corrected chi connectivity index (χ1v) is 10.7. The van der Waals surface area contributed by atoms with Crippen molar-refractivity contribution in [2.24, 2.45) is 0 Å². The van der Waals surface area contributed by atoms with Crippen LogP contribution in [0.25, 0.3) is 0 Å². The minimum atomic E-state index is -1.43. The molecule has 3 unspecified atom stereocenters. The molecule has 1 saturated carbocycles. The van der Waals surface area contributed by atoms with Crippen LogP contribution in [0.15, 0.2) is 60.7 Å². The molecule has 1 aliphatic carbocycles. The van der Waals surface area contributed by atoms with E-state index in [4.69, 9.17) is 51.6 Å². The van der Waals surface area contributed by atoms with E-state index >= 15 is 0 Å². The number of ether oxygens (including phenoxy) is 6. The highest BCUT2D eigenvalue weighted by Crippen LogP contribution is 2.67. The van der Waals surface area contributed by atoms with Gasteiger partial charge in [-0.3, -0.25) is 0 Å². The molecule has 0 N–H and O–H groups in total. The molecular weight excluding hydrogens is 431 g/mol. The molecule has 0 aromatic heterocycles. The molecule has 2 aromatic carbocycles. The molecule has 4 saturated heterocycles. The predicted molar refractivity (Wildman–Crippen MR) is 107 cm³/mol. The van der Waals surface area contributed by atoms with Gasteiger partial charge in [-0.25, -0.2) is 0 Å². The Morgan fingerprint density at radius 3 is 1.63 bits per heavy atom. The van der Waals surface area contributed by atoms with Gasteiger partial charge in [0.25, 0.3) is 11.0 Å². The standard InChI is InChI=1S/C22H20Cl2O6/c23-22(24)21(30-22)18-16(25-11-13-7-3-1-4-8-13)15-17(19(21)29-20(27-15)28-18)26-12-14-9-5-2-6-10-14/h1-10,15-20H,11-12H2/t15?,16-,17+,18+,19-,20?,21?. The van der Waals surface area contributed by atoms with Gasteiger partial charge in [0.1, 0.15) is 30.5 Å². The van der Waals surface area contributed by atoms with Crippen molar-refractivity contribution in [1.82, 2.24) is 0 Å². The third kappa shape index (κ3) is 2.94. The summed E-state index contributed by atoms with van der Waals surface area (Å²) in [5, 5.41) is 0. The molecule has 30 heavy (non-hydrogen) atoms. The van der Waals surface area contributed by atoms with Crippen molar-refractivity contribution >= 4 is 23.2 Å². The summed E-state index contributed by atoms with van der Waals surface area (Å²) in [6.07, 6.45) is -2.37. The molecule has 158 valence electrons. The largest absolute Gasteiger partial charge is 0.368 e. The normalized spacial score (nSPS) is 40.1. The van der Waals surface area contributed by atoms with Crippen LogP contribution in [0, 0.1) is 0 Å². The van der Waals surface area contributed by atoms with Crippen molar-refractivity contribution in [2.45, 2.75) is 60.3 Å². The maximum Gasteiger partial charge on any atom is 0.273 e. The lowest BCUT2D eigenvalue weighted by atomic mass is 9.76. The van der Waals surface area contributed by atoms with E-state index < -0.39 is 41.0 Å². The van der Waals surface area contributed by atoms with E-state index in [2.05, 4.69) is 0 Å². The second kappa shape index (κ2) is 7.15. The maximum atomic E-state index is 6.44. The van der Waals surface area contributed by atoms with Crippen LogP contribution >= 0.6 is 23.2 Å². The molecule has 4 aliphatic heterocycles. The van der Waals surface area contributed by atoms with Gasteiger partial charge in [0, 0.05) is 0 Å². The van der Waals surface area contributed by atoms with Crippen molar-refractivity contribution in [3.8, 4) is 0 Å². The van der Waals surface area contributed by atoms with Crippen LogP contribution in [0.2, 0.25) is 0 Å². The lowest BCUT2D eigenvalue weighted by Gasteiger charge is -2.58. The molecule has 6 nitrogen and oxygen atoms in total. The summed E-state index contributed by atoms with van der Waals surface area (Å²) in [4.78, 5) is 0. The first kappa shape index (κ1) is 19.5. The molecule has 0 amide bonds. The van der Waals surface area contributed by atoms with E-state index in [0.717, 1.165) is 11.1 Å². The van der Waals surface area contributed by atoms with E-state index in [1.54, 1.807) is 0 Å². The Hall–Kier alpha value is -1.22. The summed E-state index contributed by atoms with van der Waals surface area (Å²) < 4.78 is 34.8. The third-order valence-corrected chi connectivity index (χ3v) is 6.90. The first-order valence-electron chi connectivity index (χ1n) is 9.94. The van der Waals surface area contributed by atoms with Crippen LogP contribution in [0.1, 0.15) is 11.1 Å². The van der Waals surface area contributed by atoms with Gasteiger partial charge in [-0.15, -0.1) is 0 Å². The Morgan fingerprint density at radius 1 is 0.733 bits per heavy atom. The average molecular weight is 451 g/mol. The molecule has 7 atom stereocenters. The molecule has 7 rings (SSSR count). The van der Waals surface area contributed by atoms with Crippen molar-refractivity contribution in [3.63, 3.8) is 0 Å². The van der Waals surface area contributed by atoms with E-state index in [1.807, 2.05) is 60.7 Å². The maximum absolute atomic E-state index is 6.44. The van der Waals surface area contributed by atoms with Crippen LogP contribution < -0.4 is 0 Å². The molecule has 4 bridgehead atoms. The number of hydrogen-bond acceptors (Lipinski definition) is 6. The average Bonchev–Trinajstić information content (AvgIpc) is 3.34. The lowest BCUT2D eigenvalue weighted by Crippen LogP contribution is -2.78. The number of alkyl halides is 2. The van der Waals surface area contributed by atoms with Gasteiger partial charge >= 0.3 is 0 Å². The fourth-order valence-corrected chi connectivity index (χ4v) is 5.37. The Balaban J connectivity index is 1.28. The zero-order valence-corrected chi connectivity index (χ0v) is 17.4. The Bertz CT molecular complexity index is 849. The summed E-state index contributed by atoms with van der Waals surface area (Å²) in [7, 11) is 0. The van der Waals surface area contributed by atoms with Gasteiger partial charge in [-0.05, 0) is 11.1 Å². The molecule has 1 spiro atoms. The van der Waals surface area contributed by atoms with Crippen LogP contribution in [0.5, 0.6) is 0 Å². The van der Waals surface area contributed by atoms with Crippen molar-refractivity contribution in [1.29, 1.82) is 0 Å². The topological polar surface area (TPSA) is 58.7 Å². The van der Waals surface area contributed by atoms with Gasteiger partial charge in [-0.1, -0.05) is 83.9 Å². The molecule has 8 heteroatoms. The Morgan fingerprint density at radius 2 is 1.20 bits per heavy atom. The van der Waals surface area contributed by atoms with Gasteiger partial charge in [-0.2, -0.15) is 0 Å². The molecular formula is C22H20Cl2O6. The monoisotopic (exact) mass is 450 g/mol. The quantitative estimate of drug-likeness (QED) is 0.495. The van der Waals surface area contributed by atoms with Gasteiger partial charge in [0.15, 0.2) is 5.60 Å². The highest BCUT2D eigenvalue weighted by molar-refractivity contribution is 6.50. The van der Waals surface area contributed by atoms with Gasteiger partial charge < -0.3 is 28.4 Å². The number of halogens is 2. The molecule has 2 aromatic rings. The Kier molecular flexibility index (Phi) is 4.64. The summed E-state index contributed by atoms with van der Waals surface area (Å²) >= 11 is 12.9. The van der Waals surface area contributed by atoms with Gasteiger partial charge in [0.2, 0.25) is 0 Å². The molecule has 5 aliphatic rings. The second-order valence-corrected chi connectivity index (χ2v) is 9.20. The zero-order valence-electron chi connectivity index (χ0n) is 15.9. The number of benzene rings is 2. The second-order valence-electron chi connectivity index (χ2n) is 7.94. The number of hydrogen-bond donors (Lipinski definition) is 0.